The summed E-state index contributed by atoms with van der Waals surface area (Å²) in [6, 6.07) is 9.63. The first kappa shape index (κ1) is 25.2. The van der Waals surface area contributed by atoms with Crippen molar-refractivity contribution in [3.63, 3.8) is 0 Å². The number of hydrogen-bond donors (Lipinski definition) is 0. The van der Waals surface area contributed by atoms with Gasteiger partial charge in [0.2, 0.25) is 0 Å². The zero-order chi connectivity index (χ0) is 20.8. The Labute approximate surface area is 166 Å². The van der Waals surface area contributed by atoms with Crippen LogP contribution in [0.5, 0.6) is 0 Å². The lowest BCUT2D eigenvalue weighted by atomic mass is 9.68. The number of rotatable bonds is 5. The van der Waals surface area contributed by atoms with Crippen molar-refractivity contribution in [2.45, 2.75) is 114 Å². The Morgan fingerprint density at radius 1 is 0.654 bits per heavy atom. The summed E-state index contributed by atoms with van der Waals surface area (Å²) < 4.78 is 0. The molecule has 0 spiro atoms. The fraction of sp³-hybridized carbons (Fsp3) is 0.769. The molecule has 0 aliphatic rings. The average Bonchev–Trinajstić information content (AvgIpc) is 2.50. The van der Waals surface area contributed by atoms with Gasteiger partial charge in [-0.1, -0.05) is 114 Å². The molecule has 0 fully saturated rings. The van der Waals surface area contributed by atoms with E-state index in [1.807, 2.05) is 13.8 Å². The summed E-state index contributed by atoms with van der Waals surface area (Å²) in [7, 11) is 0. The third-order valence-corrected chi connectivity index (χ3v) is 5.23. The smallest absolute Gasteiger partial charge is 0.0108 e. The molecule has 0 nitrogen and oxygen atoms in total. The van der Waals surface area contributed by atoms with Gasteiger partial charge in [-0.15, -0.1) is 0 Å². The fourth-order valence-corrected chi connectivity index (χ4v) is 3.89. The van der Waals surface area contributed by atoms with Gasteiger partial charge in [0.15, 0.2) is 0 Å². The molecule has 1 rings (SSSR count). The molecule has 2 atom stereocenters. The minimum absolute atomic E-state index is 0.293. The summed E-state index contributed by atoms with van der Waals surface area (Å²) in [5, 5.41) is 0. The van der Waals surface area contributed by atoms with Crippen LogP contribution < -0.4 is 0 Å². The maximum Gasteiger partial charge on any atom is -0.0108 e. The van der Waals surface area contributed by atoms with Crippen molar-refractivity contribution in [3.8, 4) is 0 Å². The summed E-state index contributed by atoms with van der Waals surface area (Å²) >= 11 is 0. The normalized spacial score (nSPS) is 15.1. The van der Waals surface area contributed by atoms with Gasteiger partial charge in [0.05, 0.1) is 0 Å². The molecular formula is C26H48. The Bertz CT molecular complexity index is 485. The van der Waals surface area contributed by atoms with Crippen molar-refractivity contribution >= 4 is 0 Å². The number of benzene rings is 1. The lowest BCUT2D eigenvalue weighted by Crippen LogP contribution is -2.24. The molecule has 0 saturated carbocycles. The highest BCUT2D eigenvalue weighted by Gasteiger charge is 2.31. The third kappa shape index (κ3) is 8.28. The van der Waals surface area contributed by atoms with Crippen molar-refractivity contribution in [1.29, 1.82) is 0 Å². The van der Waals surface area contributed by atoms with Crippen LogP contribution in [0.2, 0.25) is 0 Å². The topological polar surface area (TPSA) is 0 Å². The summed E-state index contributed by atoms with van der Waals surface area (Å²) in [5.74, 6) is 1.25. The summed E-state index contributed by atoms with van der Waals surface area (Å²) in [6.07, 6.45) is 3.75. The lowest BCUT2D eigenvalue weighted by Gasteiger charge is -2.36. The highest BCUT2D eigenvalue weighted by molar-refractivity contribution is 5.30. The Kier molecular flexibility index (Phi) is 9.66. The zero-order valence-electron chi connectivity index (χ0n) is 20.1. The predicted octanol–water partition coefficient (Wildman–Crippen LogP) is 9.21. The maximum atomic E-state index is 2.41. The minimum atomic E-state index is 0.293. The number of hydrogen-bond acceptors (Lipinski definition) is 0. The molecule has 2 unspecified atom stereocenters. The summed E-state index contributed by atoms with van der Waals surface area (Å²) in [4.78, 5) is 0. The van der Waals surface area contributed by atoms with E-state index in [1.54, 1.807) is 0 Å². The molecule has 1 aromatic carbocycles. The molecule has 1 aromatic rings. The average molecular weight is 361 g/mol. The second kappa shape index (κ2) is 9.95. The molecule has 0 aliphatic heterocycles. The highest BCUT2D eigenvalue weighted by atomic mass is 14.4. The first-order chi connectivity index (χ1) is 11.8. The van der Waals surface area contributed by atoms with Gasteiger partial charge in [-0.25, -0.2) is 0 Å². The second-order valence-corrected chi connectivity index (χ2v) is 11.1. The lowest BCUT2D eigenvalue weighted by molar-refractivity contribution is 0.229. The van der Waals surface area contributed by atoms with Crippen LogP contribution in [0.1, 0.15) is 125 Å². The van der Waals surface area contributed by atoms with Crippen LogP contribution in [0.25, 0.3) is 0 Å². The Balaban J connectivity index is 0.00000301. The molecule has 0 aromatic heterocycles. The minimum Gasteiger partial charge on any atom is -0.0683 e. The van der Waals surface area contributed by atoms with E-state index in [9.17, 15) is 0 Å². The first-order valence-corrected chi connectivity index (χ1v) is 10.9. The quantitative estimate of drug-likeness (QED) is 0.491. The van der Waals surface area contributed by atoms with Crippen molar-refractivity contribution < 1.29 is 0 Å². The summed E-state index contributed by atoms with van der Waals surface area (Å²) in [6.45, 7) is 27.6. The summed E-state index contributed by atoms with van der Waals surface area (Å²) in [5.41, 5.74) is 3.99. The zero-order valence-corrected chi connectivity index (χ0v) is 20.1. The van der Waals surface area contributed by atoms with E-state index in [-0.39, 0.29) is 0 Å². The van der Waals surface area contributed by atoms with Crippen molar-refractivity contribution in [1.82, 2.24) is 0 Å². The molecule has 0 bridgehead atoms. The van der Waals surface area contributed by atoms with E-state index in [0.717, 1.165) is 0 Å². The standard InChI is InChI=1S/C24H42.C2H6/c1-11-12-20(23(5,6)7)18-13-15-19(16-14-18)21(24(8,9)10)17-22(2,3)4;1-2/h13-16,20-21H,11-12,17H2,1-10H3;1-2H3. The van der Waals surface area contributed by atoms with Crippen LogP contribution in [0.4, 0.5) is 0 Å². The van der Waals surface area contributed by atoms with Gasteiger partial charge in [-0.05, 0) is 52.0 Å². The van der Waals surface area contributed by atoms with Crippen LogP contribution in [-0.4, -0.2) is 0 Å². The van der Waals surface area contributed by atoms with Gasteiger partial charge in [0.25, 0.3) is 0 Å². The van der Waals surface area contributed by atoms with Crippen molar-refractivity contribution in [2.24, 2.45) is 16.2 Å². The molecule has 0 heteroatoms. The Hall–Kier alpha value is -0.780. The SMILES string of the molecule is CC.CCCC(c1ccc(C(CC(C)(C)C)C(C)(C)C)cc1)C(C)(C)C. The molecule has 0 aliphatic carbocycles. The van der Waals surface area contributed by atoms with Crippen LogP contribution in [0.3, 0.4) is 0 Å². The fourth-order valence-electron chi connectivity index (χ4n) is 3.89. The van der Waals surface area contributed by atoms with E-state index < -0.39 is 0 Å². The van der Waals surface area contributed by atoms with Gasteiger partial charge in [-0.2, -0.15) is 0 Å². The van der Waals surface area contributed by atoms with Gasteiger partial charge >= 0.3 is 0 Å². The van der Waals surface area contributed by atoms with Crippen molar-refractivity contribution in [3.05, 3.63) is 35.4 Å². The second-order valence-electron chi connectivity index (χ2n) is 11.1. The van der Waals surface area contributed by atoms with Crippen LogP contribution >= 0.6 is 0 Å². The molecule has 0 saturated heterocycles. The van der Waals surface area contributed by atoms with Crippen LogP contribution in [-0.2, 0) is 0 Å². The van der Waals surface area contributed by atoms with E-state index in [2.05, 4.69) is 93.5 Å². The Morgan fingerprint density at radius 2 is 1.00 bits per heavy atom. The van der Waals surface area contributed by atoms with Gasteiger partial charge < -0.3 is 0 Å². The van der Waals surface area contributed by atoms with Gasteiger partial charge in [0, 0.05) is 0 Å². The predicted molar refractivity (Wildman–Crippen MR) is 121 cm³/mol. The monoisotopic (exact) mass is 360 g/mol. The highest BCUT2D eigenvalue weighted by Crippen LogP contribution is 2.44. The van der Waals surface area contributed by atoms with E-state index in [1.165, 1.54) is 30.4 Å². The molecular weight excluding hydrogens is 312 g/mol. The Morgan fingerprint density at radius 3 is 1.27 bits per heavy atom. The van der Waals surface area contributed by atoms with Crippen LogP contribution in [0.15, 0.2) is 24.3 Å². The van der Waals surface area contributed by atoms with E-state index in [4.69, 9.17) is 0 Å². The third-order valence-electron chi connectivity index (χ3n) is 5.23. The first-order valence-electron chi connectivity index (χ1n) is 10.9. The molecule has 0 amide bonds. The van der Waals surface area contributed by atoms with Crippen molar-refractivity contribution in [2.75, 3.05) is 0 Å². The molecule has 0 N–H and O–H groups in total. The molecule has 0 heterocycles. The van der Waals surface area contributed by atoms with Gasteiger partial charge in [0.1, 0.15) is 0 Å². The molecule has 26 heavy (non-hydrogen) atoms. The maximum absolute atomic E-state index is 2.41. The molecule has 152 valence electrons. The van der Waals surface area contributed by atoms with Gasteiger partial charge in [-0.3, -0.25) is 0 Å². The molecule has 0 radical (unpaired) electrons. The van der Waals surface area contributed by atoms with Crippen LogP contribution in [0, 0.1) is 16.2 Å². The largest absolute Gasteiger partial charge is 0.0683 e. The van der Waals surface area contributed by atoms with E-state index >= 15 is 0 Å². The van der Waals surface area contributed by atoms with E-state index in [0.29, 0.717) is 28.1 Å².